The van der Waals surface area contributed by atoms with E-state index in [1.165, 1.54) is 12.1 Å². The number of benzene rings is 2. The van der Waals surface area contributed by atoms with Crippen molar-refractivity contribution in [2.24, 2.45) is 0 Å². The maximum Gasteiger partial charge on any atom is 0.573 e. The fourth-order valence-corrected chi connectivity index (χ4v) is 3.73. The predicted molar refractivity (Wildman–Crippen MR) is 112 cm³/mol. The molecular formula is C20H22Cl2F3N3O. The number of alkyl halides is 3. The topological polar surface area (TPSA) is 40.3 Å². The van der Waals surface area contributed by atoms with Crippen molar-refractivity contribution in [3.8, 4) is 5.75 Å². The van der Waals surface area contributed by atoms with Crippen LogP contribution in [0.25, 0.3) is 10.9 Å². The van der Waals surface area contributed by atoms with Crippen LogP contribution in [0.4, 0.5) is 13.2 Å². The molecule has 29 heavy (non-hydrogen) atoms. The first-order valence-electron chi connectivity index (χ1n) is 8.88. The summed E-state index contributed by atoms with van der Waals surface area (Å²) in [6, 6.07) is 14.3. The van der Waals surface area contributed by atoms with Crippen molar-refractivity contribution in [2.75, 3.05) is 26.2 Å². The van der Waals surface area contributed by atoms with Crippen molar-refractivity contribution in [1.82, 2.24) is 15.2 Å². The molecule has 0 radical (unpaired) electrons. The number of hydrogen-bond acceptors (Lipinski definition) is 3. The largest absolute Gasteiger partial charge is 0.573 e. The molecule has 4 rings (SSSR count). The Hall–Kier alpha value is -1.93. The molecule has 0 unspecified atom stereocenters. The summed E-state index contributed by atoms with van der Waals surface area (Å²) in [5, 5.41) is 4.47. The smallest absolute Gasteiger partial charge is 0.406 e. The third-order valence-electron chi connectivity index (χ3n) is 4.87. The van der Waals surface area contributed by atoms with Gasteiger partial charge >= 0.3 is 6.36 Å². The molecule has 2 N–H and O–H groups in total. The molecular weight excluding hydrogens is 426 g/mol. The Morgan fingerprint density at radius 1 is 0.931 bits per heavy atom. The molecule has 0 saturated carbocycles. The third-order valence-corrected chi connectivity index (χ3v) is 4.87. The van der Waals surface area contributed by atoms with Gasteiger partial charge in [-0.1, -0.05) is 24.3 Å². The number of rotatable bonds is 4. The van der Waals surface area contributed by atoms with Gasteiger partial charge in [0.05, 0.1) is 6.04 Å². The van der Waals surface area contributed by atoms with E-state index in [0.717, 1.165) is 48.2 Å². The molecule has 0 spiro atoms. The Balaban J connectivity index is 0.00000150. The second-order valence-corrected chi connectivity index (χ2v) is 6.59. The summed E-state index contributed by atoms with van der Waals surface area (Å²) < 4.78 is 41.4. The molecule has 2 heterocycles. The van der Waals surface area contributed by atoms with Gasteiger partial charge in [0.2, 0.25) is 0 Å². The van der Waals surface area contributed by atoms with Gasteiger partial charge in [0.25, 0.3) is 0 Å². The lowest BCUT2D eigenvalue weighted by Crippen LogP contribution is -2.45. The van der Waals surface area contributed by atoms with E-state index >= 15 is 0 Å². The minimum atomic E-state index is -4.68. The number of nitrogens with zero attached hydrogens (tertiary/aromatic N) is 1. The van der Waals surface area contributed by atoms with Gasteiger partial charge in [-0.05, 0) is 35.4 Å². The van der Waals surface area contributed by atoms with Gasteiger partial charge in [0, 0.05) is 43.3 Å². The van der Waals surface area contributed by atoms with Crippen LogP contribution in [0, 0.1) is 0 Å². The van der Waals surface area contributed by atoms with Crippen LogP contribution in [0.5, 0.6) is 5.75 Å². The molecule has 3 aromatic rings. The van der Waals surface area contributed by atoms with Crippen LogP contribution < -0.4 is 10.1 Å². The summed E-state index contributed by atoms with van der Waals surface area (Å²) in [7, 11) is 0. The maximum absolute atomic E-state index is 12.5. The lowest BCUT2D eigenvalue weighted by Gasteiger charge is -2.36. The van der Waals surface area contributed by atoms with Gasteiger partial charge in [-0.15, -0.1) is 38.0 Å². The molecule has 1 atom stereocenters. The average Bonchev–Trinajstić information content (AvgIpc) is 3.13. The highest BCUT2D eigenvalue weighted by Crippen LogP contribution is 2.35. The van der Waals surface area contributed by atoms with E-state index in [4.69, 9.17) is 0 Å². The zero-order chi connectivity index (χ0) is 18.9. The molecule has 0 aliphatic carbocycles. The number of ether oxygens (including phenoxy) is 1. The summed E-state index contributed by atoms with van der Waals surface area (Å²) in [5.74, 6) is -0.204. The van der Waals surface area contributed by atoms with Crippen molar-refractivity contribution >= 4 is 35.7 Å². The van der Waals surface area contributed by atoms with E-state index in [0.29, 0.717) is 0 Å². The minimum Gasteiger partial charge on any atom is -0.406 e. The van der Waals surface area contributed by atoms with Crippen molar-refractivity contribution in [3.05, 3.63) is 65.9 Å². The van der Waals surface area contributed by atoms with Crippen LogP contribution in [-0.4, -0.2) is 42.4 Å². The number of aromatic nitrogens is 1. The number of H-pyrrole nitrogens is 1. The number of halogens is 5. The molecule has 1 saturated heterocycles. The highest BCUT2D eigenvalue weighted by atomic mass is 35.5. The van der Waals surface area contributed by atoms with Gasteiger partial charge in [0.1, 0.15) is 5.75 Å². The number of nitrogens with one attached hydrogen (secondary N) is 2. The molecule has 0 amide bonds. The Morgan fingerprint density at radius 3 is 2.28 bits per heavy atom. The SMILES string of the molecule is Cl.Cl.FC(F)(F)Oc1ccc([C@@H](c2cccc3[nH]ccc23)N2CCNCC2)cc1. The number of piperazine rings is 1. The van der Waals surface area contributed by atoms with Gasteiger partial charge in [-0.25, -0.2) is 0 Å². The summed E-state index contributed by atoms with van der Waals surface area (Å²) in [6.45, 7) is 3.50. The van der Waals surface area contributed by atoms with Gasteiger partial charge in [-0.3, -0.25) is 4.90 Å². The van der Waals surface area contributed by atoms with Crippen molar-refractivity contribution < 1.29 is 17.9 Å². The highest BCUT2D eigenvalue weighted by Gasteiger charge is 2.31. The van der Waals surface area contributed by atoms with E-state index in [2.05, 4.69) is 26.0 Å². The molecule has 2 aromatic carbocycles. The summed E-state index contributed by atoms with van der Waals surface area (Å²) >= 11 is 0. The highest BCUT2D eigenvalue weighted by molar-refractivity contribution is 5.85. The maximum atomic E-state index is 12.5. The van der Waals surface area contributed by atoms with E-state index in [-0.39, 0.29) is 36.6 Å². The molecule has 1 fully saturated rings. The van der Waals surface area contributed by atoms with Crippen LogP contribution in [0.15, 0.2) is 54.7 Å². The fourth-order valence-electron chi connectivity index (χ4n) is 3.73. The second-order valence-electron chi connectivity index (χ2n) is 6.59. The quantitative estimate of drug-likeness (QED) is 0.597. The van der Waals surface area contributed by atoms with Crippen molar-refractivity contribution in [2.45, 2.75) is 12.4 Å². The standard InChI is InChI=1S/C20H20F3N3O.2ClH/c21-20(22,23)27-15-6-4-14(5-7-15)19(26-12-10-24-11-13-26)17-2-1-3-18-16(17)8-9-25-18;;/h1-9,19,24-25H,10-13H2;2*1H/t19-;;/m0../s1. The zero-order valence-corrected chi connectivity index (χ0v) is 17.0. The second kappa shape index (κ2) is 9.71. The third kappa shape index (κ3) is 5.36. The predicted octanol–water partition coefficient (Wildman–Crippen LogP) is 4.90. The van der Waals surface area contributed by atoms with Crippen LogP contribution >= 0.6 is 24.8 Å². The number of aromatic amines is 1. The molecule has 1 aromatic heterocycles. The fraction of sp³-hybridized carbons (Fsp3) is 0.300. The molecule has 0 bridgehead atoms. The first-order valence-corrected chi connectivity index (χ1v) is 8.88. The number of hydrogen-bond donors (Lipinski definition) is 2. The van der Waals surface area contributed by atoms with E-state index in [1.54, 1.807) is 12.1 Å². The van der Waals surface area contributed by atoms with Crippen molar-refractivity contribution in [3.63, 3.8) is 0 Å². The summed E-state index contributed by atoms with van der Waals surface area (Å²) in [5.41, 5.74) is 3.13. The normalized spacial score (nSPS) is 16.0. The first-order chi connectivity index (χ1) is 13.0. The summed E-state index contributed by atoms with van der Waals surface area (Å²) in [6.07, 6.45) is -2.78. The van der Waals surface area contributed by atoms with Gasteiger partial charge in [0.15, 0.2) is 0 Å². The monoisotopic (exact) mass is 447 g/mol. The van der Waals surface area contributed by atoms with E-state index < -0.39 is 6.36 Å². The van der Waals surface area contributed by atoms with Crippen LogP contribution in [0.3, 0.4) is 0 Å². The lowest BCUT2D eigenvalue weighted by atomic mass is 9.94. The van der Waals surface area contributed by atoms with Crippen LogP contribution in [0.2, 0.25) is 0 Å². The molecule has 4 nitrogen and oxygen atoms in total. The van der Waals surface area contributed by atoms with Gasteiger partial charge < -0.3 is 15.0 Å². The Labute approximate surface area is 179 Å². The minimum absolute atomic E-state index is 0. The average molecular weight is 448 g/mol. The van der Waals surface area contributed by atoms with Crippen LogP contribution in [0.1, 0.15) is 17.2 Å². The summed E-state index contributed by atoms with van der Waals surface area (Å²) in [4.78, 5) is 5.59. The molecule has 158 valence electrons. The Kier molecular flexibility index (Phi) is 7.82. The lowest BCUT2D eigenvalue weighted by molar-refractivity contribution is -0.274. The van der Waals surface area contributed by atoms with E-state index in [1.807, 2.05) is 24.4 Å². The first kappa shape index (κ1) is 23.3. The Morgan fingerprint density at radius 2 is 1.62 bits per heavy atom. The van der Waals surface area contributed by atoms with Crippen LogP contribution in [-0.2, 0) is 0 Å². The Bertz CT molecular complexity index is 909. The van der Waals surface area contributed by atoms with Gasteiger partial charge in [-0.2, -0.15) is 0 Å². The molecule has 9 heteroatoms. The van der Waals surface area contributed by atoms with Crippen molar-refractivity contribution in [1.29, 1.82) is 0 Å². The molecule has 1 aliphatic heterocycles. The molecule has 1 aliphatic rings. The zero-order valence-electron chi connectivity index (χ0n) is 15.4. The number of fused-ring (bicyclic) bond motifs is 1. The van der Waals surface area contributed by atoms with E-state index in [9.17, 15) is 13.2 Å².